The summed E-state index contributed by atoms with van der Waals surface area (Å²) in [5, 5.41) is 7.16. The van der Waals surface area contributed by atoms with Gasteiger partial charge in [0, 0.05) is 15.7 Å². The zero-order valence-corrected chi connectivity index (χ0v) is 18.6. The van der Waals surface area contributed by atoms with Gasteiger partial charge in [-0.3, -0.25) is 14.5 Å². The predicted octanol–water partition coefficient (Wildman–Crippen LogP) is 4.49. The largest absolute Gasteiger partial charge is 0.424 e. The van der Waals surface area contributed by atoms with Crippen molar-refractivity contribution in [2.45, 2.75) is 31.7 Å². The van der Waals surface area contributed by atoms with Gasteiger partial charge in [-0.15, -0.1) is 5.10 Å². The summed E-state index contributed by atoms with van der Waals surface area (Å²) in [6, 6.07) is 13.6. The molecule has 9 heteroatoms. The minimum absolute atomic E-state index is 0.0120. The van der Waals surface area contributed by atoms with Crippen molar-refractivity contribution in [1.82, 2.24) is 4.90 Å². The molecule has 1 heterocycles. The van der Waals surface area contributed by atoms with E-state index in [4.69, 9.17) is 33.8 Å². The van der Waals surface area contributed by atoms with Crippen LogP contribution in [0.5, 0.6) is 0 Å². The topological polar surface area (TPSA) is 97.0 Å². The number of carbonyl (C=O) groups excluding carboxylic acids is 2. The van der Waals surface area contributed by atoms with Gasteiger partial charge in [-0.2, -0.15) is 0 Å². The van der Waals surface area contributed by atoms with Crippen LogP contribution in [0.1, 0.15) is 31.7 Å². The molecule has 0 aliphatic carbocycles. The fourth-order valence-corrected chi connectivity index (χ4v) is 3.97. The fraction of sp³-hybridized carbons (Fsp3) is 0.227. The second-order valence-electron chi connectivity index (χ2n) is 7.22. The van der Waals surface area contributed by atoms with E-state index in [-0.39, 0.29) is 18.2 Å². The first-order valence-corrected chi connectivity index (χ1v) is 10.3. The molecule has 0 spiro atoms. The van der Waals surface area contributed by atoms with Crippen molar-refractivity contribution in [3.63, 3.8) is 0 Å². The number of carbonyl (C=O) groups is 2. The third kappa shape index (κ3) is 4.38. The monoisotopic (exact) mass is 460 g/mol. The van der Waals surface area contributed by atoms with E-state index in [2.05, 4.69) is 17.0 Å². The molecule has 1 aliphatic rings. The van der Waals surface area contributed by atoms with Gasteiger partial charge in [0.1, 0.15) is 11.5 Å². The molecule has 1 fully saturated rings. The van der Waals surface area contributed by atoms with Gasteiger partial charge in [0.2, 0.25) is 11.8 Å². The van der Waals surface area contributed by atoms with Crippen LogP contribution in [0, 0.1) is 0 Å². The number of ether oxygens (including phenoxy) is 1. The summed E-state index contributed by atoms with van der Waals surface area (Å²) < 4.78 is 5.69. The molecule has 0 radical (unpaired) electrons. The minimum atomic E-state index is -1.32. The lowest BCUT2D eigenvalue weighted by Gasteiger charge is -2.44. The second kappa shape index (κ2) is 8.99. The van der Waals surface area contributed by atoms with Crippen molar-refractivity contribution in [3.05, 3.63) is 76.6 Å². The first kappa shape index (κ1) is 22.7. The summed E-state index contributed by atoms with van der Waals surface area (Å²) >= 11 is 12.1. The predicted molar refractivity (Wildman–Crippen MR) is 122 cm³/mol. The highest BCUT2D eigenvalue weighted by Crippen LogP contribution is 2.36. The van der Waals surface area contributed by atoms with E-state index >= 15 is 0 Å². The molecule has 0 bridgehead atoms. The van der Waals surface area contributed by atoms with Gasteiger partial charge in [0.05, 0.1) is 0 Å². The molecule has 1 saturated heterocycles. The number of hydrogen-bond donors (Lipinski definition) is 2. The molecule has 162 valence electrons. The molecule has 3 rings (SSSR count). The van der Waals surface area contributed by atoms with Crippen LogP contribution >= 0.6 is 23.2 Å². The van der Waals surface area contributed by atoms with Crippen LogP contribution in [0.25, 0.3) is 0 Å². The van der Waals surface area contributed by atoms with E-state index in [9.17, 15) is 9.59 Å². The number of benzene rings is 2. The van der Waals surface area contributed by atoms with Crippen molar-refractivity contribution in [3.8, 4) is 0 Å². The maximum atomic E-state index is 13.6. The highest BCUT2D eigenvalue weighted by Gasteiger charge is 2.50. The SMILES string of the molecule is C=C1OC(=NN)C(c2ccccc2)C(=O)N1C(C)(CC)C(=O)Nc1cc(Cl)cc(Cl)c1. The first-order chi connectivity index (χ1) is 14.7. The summed E-state index contributed by atoms with van der Waals surface area (Å²) in [5.41, 5.74) is -0.285. The maximum absolute atomic E-state index is 13.6. The number of anilines is 1. The number of nitrogens with one attached hydrogen (secondary N) is 1. The van der Waals surface area contributed by atoms with Crippen molar-refractivity contribution < 1.29 is 14.3 Å². The lowest BCUT2D eigenvalue weighted by molar-refractivity contribution is -0.146. The number of hydrazone groups is 1. The Kier molecular flexibility index (Phi) is 6.57. The highest BCUT2D eigenvalue weighted by atomic mass is 35.5. The number of amides is 2. The molecule has 2 unspecified atom stereocenters. The number of nitrogens with zero attached hydrogens (tertiary/aromatic N) is 2. The molecule has 7 nitrogen and oxygen atoms in total. The normalized spacial score (nSPS) is 19.7. The summed E-state index contributed by atoms with van der Waals surface area (Å²) in [6.45, 7) is 7.25. The number of rotatable bonds is 5. The Morgan fingerprint density at radius 1 is 1.26 bits per heavy atom. The van der Waals surface area contributed by atoms with Gasteiger partial charge in [-0.1, -0.05) is 60.5 Å². The summed E-state index contributed by atoms with van der Waals surface area (Å²) in [7, 11) is 0. The number of halogens is 2. The van der Waals surface area contributed by atoms with Gasteiger partial charge in [0.15, 0.2) is 5.88 Å². The second-order valence-corrected chi connectivity index (χ2v) is 8.09. The van der Waals surface area contributed by atoms with E-state index in [1.807, 2.05) is 6.07 Å². The van der Waals surface area contributed by atoms with Crippen LogP contribution in [0.3, 0.4) is 0 Å². The van der Waals surface area contributed by atoms with E-state index in [1.165, 1.54) is 4.90 Å². The lowest BCUT2D eigenvalue weighted by Crippen LogP contribution is -2.60. The Labute approximate surface area is 190 Å². The van der Waals surface area contributed by atoms with Crippen molar-refractivity contribution in [2.75, 3.05) is 5.32 Å². The molecular weight excluding hydrogens is 439 g/mol. The van der Waals surface area contributed by atoms with Crippen LogP contribution < -0.4 is 11.2 Å². The first-order valence-electron chi connectivity index (χ1n) is 9.52. The average molecular weight is 461 g/mol. The molecule has 3 N–H and O–H groups in total. The Balaban J connectivity index is 1.99. The highest BCUT2D eigenvalue weighted by molar-refractivity contribution is 6.35. The fourth-order valence-electron chi connectivity index (χ4n) is 3.44. The zero-order chi connectivity index (χ0) is 22.8. The lowest BCUT2D eigenvalue weighted by atomic mass is 9.89. The van der Waals surface area contributed by atoms with Gasteiger partial charge in [-0.25, -0.2) is 0 Å². The molecular formula is C22H22Cl2N4O3. The third-order valence-electron chi connectivity index (χ3n) is 5.24. The number of hydrogen-bond acceptors (Lipinski definition) is 5. The molecule has 31 heavy (non-hydrogen) atoms. The van der Waals surface area contributed by atoms with Crippen molar-refractivity contribution in [1.29, 1.82) is 0 Å². The molecule has 0 saturated carbocycles. The molecule has 0 aromatic heterocycles. The number of nitrogens with two attached hydrogens (primary N) is 1. The Hall–Kier alpha value is -3.03. The van der Waals surface area contributed by atoms with Crippen molar-refractivity contribution >= 4 is 46.6 Å². The van der Waals surface area contributed by atoms with Crippen LogP contribution in [-0.2, 0) is 14.3 Å². The van der Waals surface area contributed by atoms with Crippen LogP contribution in [0.15, 0.2) is 66.1 Å². The summed E-state index contributed by atoms with van der Waals surface area (Å²) in [4.78, 5) is 28.2. The molecule has 2 aromatic carbocycles. The smallest absolute Gasteiger partial charge is 0.250 e. The van der Waals surface area contributed by atoms with E-state index < -0.39 is 23.3 Å². The van der Waals surface area contributed by atoms with Crippen molar-refractivity contribution in [2.24, 2.45) is 10.9 Å². The van der Waals surface area contributed by atoms with Gasteiger partial charge in [-0.05, 0) is 43.7 Å². The average Bonchev–Trinajstić information content (AvgIpc) is 2.72. The zero-order valence-electron chi connectivity index (χ0n) is 17.1. The van der Waals surface area contributed by atoms with Crippen LogP contribution in [0.4, 0.5) is 5.69 Å². The van der Waals surface area contributed by atoms with E-state index in [0.717, 1.165) is 0 Å². The van der Waals surface area contributed by atoms with Crippen LogP contribution in [0.2, 0.25) is 10.0 Å². The summed E-state index contributed by atoms with van der Waals surface area (Å²) in [5.74, 6) is 3.67. The Bertz CT molecular complexity index is 1040. The standard InChI is InChI=1S/C22H22Cl2N4O3/c1-4-22(3,21(30)26-17-11-15(23)10-16(24)12-17)28-13(2)31-19(27-25)18(20(28)29)14-8-6-5-7-9-14/h5-12,18H,2,4,25H2,1,3H3,(H,26,30). The molecule has 1 aliphatic heterocycles. The van der Waals surface area contributed by atoms with E-state index in [0.29, 0.717) is 21.3 Å². The molecule has 2 amide bonds. The van der Waals surface area contributed by atoms with Gasteiger partial charge < -0.3 is 15.9 Å². The van der Waals surface area contributed by atoms with Gasteiger partial charge in [0.25, 0.3) is 5.91 Å². The Morgan fingerprint density at radius 2 is 1.87 bits per heavy atom. The molecule has 2 atom stereocenters. The quantitative estimate of drug-likeness (QED) is 0.507. The maximum Gasteiger partial charge on any atom is 0.250 e. The summed E-state index contributed by atoms with van der Waals surface area (Å²) in [6.07, 6.45) is 0.276. The van der Waals surface area contributed by atoms with E-state index in [1.54, 1.807) is 56.3 Å². The Morgan fingerprint density at radius 3 is 2.42 bits per heavy atom. The van der Waals surface area contributed by atoms with Crippen LogP contribution in [-0.4, -0.2) is 28.2 Å². The van der Waals surface area contributed by atoms with Gasteiger partial charge >= 0.3 is 0 Å². The minimum Gasteiger partial charge on any atom is -0.424 e. The molecule has 2 aromatic rings. The third-order valence-corrected chi connectivity index (χ3v) is 5.67.